The first-order chi connectivity index (χ1) is 4.47. The van der Waals surface area contributed by atoms with E-state index in [1.807, 2.05) is 17.6 Å². The molecule has 1 nitrogen and oxygen atoms in total. The van der Waals surface area contributed by atoms with Gasteiger partial charge < -0.3 is 0 Å². The van der Waals surface area contributed by atoms with Gasteiger partial charge in [0.2, 0.25) is 0 Å². The molecule has 0 N–H and O–H groups in total. The zero-order valence-electron chi connectivity index (χ0n) is 4.66. The summed E-state index contributed by atoms with van der Waals surface area (Å²) in [4.78, 5) is 3.94. The van der Waals surface area contributed by atoms with Gasteiger partial charge in [0.15, 0.2) is 0 Å². The van der Waals surface area contributed by atoms with Crippen molar-refractivity contribution in [1.29, 1.82) is 0 Å². The molecule has 1 radical (unpaired) electrons. The first-order valence-corrected chi connectivity index (χ1v) is 3.54. The highest BCUT2D eigenvalue weighted by Gasteiger charge is 1.89. The zero-order valence-corrected chi connectivity index (χ0v) is 5.48. The largest absolute Gasteiger partial charge is 0.263 e. The van der Waals surface area contributed by atoms with Gasteiger partial charge in [-0.1, -0.05) is 0 Å². The second kappa shape index (κ2) is 1.81. The Labute approximate surface area is 57.0 Å². The van der Waals surface area contributed by atoms with Crippen LogP contribution in [-0.4, -0.2) is 4.98 Å². The maximum atomic E-state index is 3.94. The molecule has 9 heavy (non-hydrogen) atoms. The van der Waals surface area contributed by atoms with E-state index in [-0.39, 0.29) is 0 Å². The van der Waals surface area contributed by atoms with Gasteiger partial charge in [0.25, 0.3) is 0 Å². The molecule has 2 heterocycles. The van der Waals surface area contributed by atoms with Crippen molar-refractivity contribution >= 4 is 21.4 Å². The topological polar surface area (TPSA) is 12.9 Å². The Morgan fingerprint density at radius 1 is 1.56 bits per heavy atom. The van der Waals surface area contributed by atoms with E-state index in [1.54, 1.807) is 17.5 Å². The van der Waals surface area contributed by atoms with Crippen LogP contribution in [0.4, 0.5) is 0 Å². The van der Waals surface area contributed by atoms with Crippen LogP contribution in [0.1, 0.15) is 0 Å². The van der Waals surface area contributed by atoms with E-state index in [1.165, 1.54) is 4.70 Å². The highest BCUT2D eigenvalue weighted by atomic mass is 32.1. The summed E-state index contributed by atoms with van der Waals surface area (Å²) in [5.74, 6) is 0. The van der Waals surface area contributed by atoms with E-state index >= 15 is 0 Å². The predicted octanol–water partition coefficient (Wildman–Crippen LogP) is 2.10. The number of nitrogens with zero attached hydrogens (tertiary/aromatic N) is 1. The van der Waals surface area contributed by atoms with Crippen LogP contribution in [0.2, 0.25) is 0 Å². The lowest BCUT2D eigenvalue weighted by Crippen LogP contribution is -1.65. The molecule has 0 aliphatic heterocycles. The molecule has 2 heteroatoms. The molecule has 2 aromatic rings. The summed E-state index contributed by atoms with van der Waals surface area (Å²) in [5, 5.41) is 3.21. The number of rotatable bonds is 0. The lowest BCUT2D eigenvalue weighted by Gasteiger charge is -1.80. The van der Waals surface area contributed by atoms with Crippen LogP contribution in [0.15, 0.2) is 23.8 Å². The van der Waals surface area contributed by atoms with Crippen molar-refractivity contribution < 1.29 is 0 Å². The Kier molecular flexibility index (Phi) is 0.993. The van der Waals surface area contributed by atoms with Crippen LogP contribution in [0.5, 0.6) is 0 Å². The minimum atomic E-state index is 1.16. The van der Waals surface area contributed by atoms with E-state index in [9.17, 15) is 0 Å². The van der Waals surface area contributed by atoms with Crippen LogP contribution in [0, 0.1) is 6.07 Å². The summed E-state index contributed by atoms with van der Waals surface area (Å²) in [7, 11) is 0. The average molecular weight is 134 g/mol. The van der Waals surface area contributed by atoms with Crippen LogP contribution in [0.25, 0.3) is 10.1 Å². The van der Waals surface area contributed by atoms with Crippen molar-refractivity contribution in [2.24, 2.45) is 0 Å². The Hall–Kier alpha value is -0.890. The van der Waals surface area contributed by atoms with Gasteiger partial charge in [0.05, 0.1) is 4.70 Å². The molecule has 0 unspecified atom stereocenters. The normalized spacial score (nSPS) is 10.2. The number of thiophene rings is 1. The van der Waals surface area contributed by atoms with Gasteiger partial charge in [0, 0.05) is 23.8 Å². The molecule has 2 aromatic heterocycles. The van der Waals surface area contributed by atoms with Gasteiger partial charge in [-0.15, -0.1) is 11.3 Å². The smallest absolute Gasteiger partial charge is 0.0532 e. The fraction of sp³-hybridized carbons (Fsp3) is 0. The number of pyridine rings is 1. The van der Waals surface area contributed by atoms with Crippen molar-refractivity contribution in [2.75, 3.05) is 0 Å². The SMILES string of the molecule is [c]1cncc2sccc12. The number of hydrogen-bond donors (Lipinski definition) is 0. The molecule has 0 bridgehead atoms. The molecule has 0 atom stereocenters. The molecule has 0 aliphatic carbocycles. The van der Waals surface area contributed by atoms with Gasteiger partial charge in [-0.2, -0.15) is 0 Å². The quantitative estimate of drug-likeness (QED) is 0.537. The van der Waals surface area contributed by atoms with E-state index in [4.69, 9.17) is 0 Å². The van der Waals surface area contributed by atoms with Gasteiger partial charge >= 0.3 is 0 Å². The number of fused-ring (bicyclic) bond motifs is 1. The number of aromatic nitrogens is 1. The van der Waals surface area contributed by atoms with Crippen molar-refractivity contribution in [1.82, 2.24) is 4.98 Å². The fourth-order valence-corrected chi connectivity index (χ4v) is 1.48. The van der Waals surface area contributed by atoms with Crippen molar-refractivity contribution in [3.63, 3.8) is 0 Å². The maximum absolute atomic E-state index is 3.94. The van der Waals surface area contributed by atoms with Gasteiger partial charge in [0.1, 0.15) is 0 Å². The summed E-state index contributed by atoms with van der Waals surface area (Å²) in [6.45, 7) is 0. The zero-order chi connectivity index (χ0) is 6.10. The van der Waals surface area contributed by atoms with Crippen LogP contribution >= 0.6 is 11.3 Å². The van der Waals surface area contributed by atoms with E-state index in [0.717, 1.165) is 5.39 Å². The molecular weight excluding hydrogens is 130 g/mol. The Balaban J connectivity index is 2.95. The molecule has 2 rings (SSSR count). The molecule has 43 valence electrons. The molecular formula is C7H4NS. The minimum Gasteiger partial charge on any atom is -0.263 e. The minimum absolute atomic E-state index is 1.16. The molecule has 0 aliphatic rings. The third kappa shape index (κ3) is 0.715. The third-order valence-electron chi connectivity index (χ3n) is 1.18. The summed E-state index contributed by atoms with van der Waals surface area (Å²) >= 11 is 1.69. The van der Waals surface area contributed by atoms with Crippen molar-refractivity contribution in [2.45, 2.75) is 0 Å². The highest BCUT2D eigenvalue weighted by molar-refractivity contribution is 7.17. The fourth-order valence-electron chi connectivity index (χ4n) is 0.752. The molecule has 0 saturated carbocycles. The van der Waals surface area contributed by atoms with E-state index in [0.29, 0.717) is 0 Å². The second-order valence-electron chi connectivity index (χ2n) is 1.75. The molecule has 0 fully saturated rings. The van der Waals surface area contributed by atoms with Gasteiger partial charge in [-0.3, -0.25) is 4.98 Å². The van der Waals surface area contributed by atoms with Gasteiger partial charge in [-0.05, 0) is 11.4 Å². The molecule has 0 spiro atoms. The van der Waals surface area contributed by atoms with Crippen molar-refractivity contribution in [3.8, 4) is 0 Å². The lowest BCUT2D eigenvalue weighted by molar-refractivity contribution is 1.37. The summed E-state index contributed by atoms with van der Waals surface area (Å²) in [6.07, 6.45) is 3.55. The standard InChI is InChI=1S/C7H4NS/c1-3-8-5-7-6(1)2-4-9-7/h2-5H. The maximum Gasteiger partial charge on any atom is 0.0532 e. The average Bonchev–Trinajstić information content (AvgIpc) is 2.33. The second-order valence-corrected chi connectivity index (χ2v) is 2.70. The molecule has 0 saturated heterocycles. The highest BCUT2D eigenvalue weighted by Crippen LogP contribution is 2.17. The van der Waals surface area contributed by atoms with E-state index < -0.39 is 0 Å². The molecule has 0 aromatic carbocycles. The number of hydrogen-bond acceptors (Lipinski definition) is 2. The monoisotopic (exact) mass is 134 g/mol. The first kappa shape index (κ1) is 4.94. The summed E-state index contributed by atoms with van der Waals surface area (Å²) < 4.78 is 1.21. The van der Waals surface area contributed by atoms with E-state index in [2.05, 4.69) is 11.1 Å². The Bertz CT molecular complexity index is 283. The first-order valence-electron chi connectivity index (χ1n) is 2.66. The van der Waals surface area contributed by atoms with Crippen LogP contribution in [-0.2, 0) is 0 Å². The molecule has 0 amide bonds. The predicted molar refractivity (Wildman–Crippen MR) is 38.5 cm³/mol. The van der Waals surface area contributed by atoms with Crippen LogP contribution in [0.3, 0.4) is 0 Å². The Morgan fingerprint density at radius 3 is 3.44 bits per heavy atom. The Morgan fingerprint density at radius 2 is 2.56 bits per heavy atom. The summed E-state index contributed by atoms with van der Waals surface area (Å²) in [6, 6.07) is 5.07. The third-order valence-corrected chi connectivity index (χ3v) is 2.03. The van der Waals surface area contributed by atoms with Gasteiger partial charge in [-0.25, -0.2) is 0 Å². The van der Waals surface area contributed by atoms with Crippen LogP contribution < -0.4 is 0 Å². The lowest BCUT2D eigenvalue weighted by atomic mass is 10.3. The van der Waals surface area contributed by atoms with Crippen molar-refractivity contribution in [3.05, 3.63) is 29.9 Å². The summed E-state index contributed by atoms with van der Waals surface area (Å²) in [5.41, 5.74) is 0.